The van der Waals surface area contributed by atoms with Gasteiger partial charge in [-0.05, 0) is 25.1 Å². The van der Waals surface area contributed by atoms with Crippen molar-refractivity contribution >= 4 is 23.3 Å². The molecule has 114 valence electrons. The van der Waals surface area contributed by atoms with Crippen molar-refractivity contribution in [3.05, 3.63) is 23.8 Å². The number of nitrogens with two attached hydrogens (primary N) is 2. The lowest BCUT2D eigenvalue weighted by Gasteiger charge is -2.35. The number of carbonyl (C=O) groups is 2. The Balaban J connectivity index is 2.32. The molecule has 1 aromatic carbocycles. The summed E-state index contributed by atoms with van der Waals surface area (Å²) in [5.41, 5.74) is 12.5. The first-order valence-corrected chi connectivity index (χ1v) is 6.75. The molecule has 1 amide bonds. The topological polar surface area (TPSA) is 108 Å². The number of nitrogen functional groups attached to an aromatic ring is 1. The second-order valence-electron chi connectivity index (χ2n) is 4.68. The molecule has 1 saturated heterocycles. The third-order valence-corrected chi connectivity index (χ3v) is 3.32. The molecule has 1 unspecified atom stereocenters. The molecular formula is C14H19N3O4. The first-order chi connectivity index (χ1) is 10.0. The zero-order chi connectivity index (χ0) is 15.4. The number of anilines is 2. The Kier molecular flexibility index (Phi) is 4.64. The van der Waals surface area contributed by atoms with Crippen LogP contribution in [0.1, 0.15) is 17.3 Å². The van der Waals surface area contributed by atoms with Crippen molar-refractivity contribution in [2.45, 2.75) is 13.0 Å². The van der Waals surface area contributed by atoms with Crippen LogP contribution in [0, 0.1) is 0 Å². The number of nitrogens with zero attached hydrogens (tertiary/aromatic N) is 1. The number of benzene rings is 1. The van der Waals surface area contributed by atoms with E-state index in [2.05, 4.69) is 0 Å². The minimum absolute atomic E-state index is 0.231. The molecule has 21 heavy (non-hydrogen) atoms. The van der Waals surface area contributed by atoms with Crippen molar-refractivity contribution in [2.75, 3.05) is 37.0 Å². The summed E-state index contributed by atoms with van der Waals surface area (Å²) in [5.74, 6) is -0.954. The van der Waals surface area contributed by atoms with E-state index in [1.807, 2.05) is 4.90 Å². The van der Waals surface area contributed by atoms with Crippen LogP contribution >= 0.6 is 0 Å². The van der Waals surface area contributed by atoms with E-state index in [-0.39, 0.29) is 18.8 Å². The van der Waals surface area contributed by atoms with Crippen LogP contribution in [0.15, 0.2) is 18.2 Å². The van der Waals surface area contributed by atoms with Crippen molar-refractivity contribution in [3.63, 3.8) is 0 Å². The van der Waals surface area contributed by atoms with E-state index >= 15 is 0 Å². The number of ether oxygens (including phenoxy) is 2. The van der Waals surface area contributed by atoms with Gasteiger partial charge in [-0.3, -0.25) is 4.79 Å². The molecule has 0 bridgehead atoms. The van der Waals surface area contributed by atoms with Gasteiger partial charge in [0.2, 0.25) is 5.91 Å². The van der Waals surface area contributed by atoms with Gasteiger partial charge in [-0.15, -0.1) is 0 Å². The van der Waals surface area contributed by atoms with Crippen LogP contribution in [0.2, 0.25) is 0 Å². The molecule has 1 aromatic rings. The molecule has 7 nitrogen and oxygen atoms in total. The van der Waals surface area contributed by atoms with Crippen LogP contribution in [0.3, 0.4) is 0 Å². The monoisotopic (exact) mass is 293 g/mol. The second kappa shape index (κ2) is 6.45. The van der Waals surface area contributed by atoms with E-state index < -0.39 is 17.9 Å². The molecule has 1 heterocycles. The Hall–Kier alpha value is -2.28. The lowest BCUT2D eigenvalue weighted by atomic mass is 10.1. The summed E-state index contributed by atoms with van der Waals surface area (Å²) in [6.07, 6.45) is 0. The van der Waals surface area contributed by atoms with Crippen molar-refractivity contribution < 1.29 is 19.1 Å². The summed E-state index contributed by atoms with van der Waals surface area (Å²) < 4.78 is 10.2. The van der Waals surface area contributed by atoms with Crippen LogP contribution in [0.5, 0.6) is 0 Å². The quantitative estimate of drug-likeness (QED) is 0.603. The molecule has 2 rings (SSSR count). The first-order valence-electron chi connectivity index (χ1n) is 6.75. The third-order valence-electron chi connectivity index (χ3n) is 3.32. The molecule has 7 heteroatoms. The van der Waals surface area contributed by atoms with Crippen molar-refractivity contribution in [2.24, 2.45) is 5.73 Å². The van der Waals surface area contributed by atoms with E-state index in [0.29, 0.717) is 24.5 Å². The number of rotatable bonds is 4. The summed E-state index contributed by atoms with van der Waals surface area (Å²) in [6, 6.07) is 4.43. The largest absolute Gasteiger partial charge is 0.462 e. The highest BCUT2D eigenvalue weighted by atomic mass is 16.5. The van der Waals surface area contributed by atoms with E-state index in [1.165, 1.54) is 0 Å². The molecule has 1 aliphatic heterocycles. The molecule has 0 spiro atoms. The maximum absolute atomic E-state index is 11.9. The highest BCUT2D eigenvalue weighted by molar-refractivity contribution is 5.96. The first kappa shape index (κ1) is 15.1. The molecule has 0 radical (unpaired) electrons. The lowest BCUT2D eigenvalue weighted by Crippen LogP contribution is -2.52. The van der Waals surface area contributed by atoms with E-state index in [4.69, 9.17) is 20.9 Å². The second-order valence-corrected chi connectivity index (χ2v) is 4.68. The van der Waals surface area contributed by atoms with E-state index in [0.717, 1.165) is 0 Å². The number of hydrogen-bond donors (Lipinski definition) is 2. The van der Waals surface area contributed by atoms with Gasteiger partial charge >= 0.3 is 5.97 Å². The number of carbonyl (C=O) groups excluding carboxylic acids is 2. The van der Waals surface area contributed by atoms with Gasteiger partial charge in [-0.2, -0.15) is 0 Å². The van der Waals surface area contributed by atoms with Crippen LogP contribution in [-0.2, 0) is 14.3 Å². The minimum atomic E-state index is -0.558. The molecular weight excluding hydrogens is 274 g/mol. The van der Waals surface area contributed by atoms with Gasteiger partial charge in [0, 0.05) is 17.9 Å². The number of morpholine rings is 1. The normalized spacial score (nSPS) is 18.3. The Morgan fingerprint density at radius 1 is 1.48 bits per heavy atom. The molecule has 1 aliphatic rings. The molecule has 1 atom stereocenters. The number of amides is 1. The fourth-order valence-corrected chi connectivity index (χ4v) is 2.26. The van der Waals surface area contributed by atoms with Crippen molar-refractivity contribution in [1.82, 2.24) is 0 Å². The van der Waals surface area contributed by atoms with Crippen LogP contribution in [-0.4, -0.2) is 44.3 Å². The smallest absolute Gasteiger partial charge is 0.340 e. The van der Waals surface area contributed by atoms with Crippen LogP contribution in [0.4, 0.5) is 11.4 Å². The summed E-state index contributed by atoms with van der Waals surface area (Å²) in [5, 5.41) is 0. The van der Waals surface area contributed by atoms with Gasteiger partial charge in [0.05, 0.1) is 25.4 Å². The molecule has 0 saturated carbocycles. The van der Waals surface area contributed by atoms with E-state index in [9.17, 15) is 9.59 Å². The van der Waals surface area contributed by atoms with Gasteiger partial charge in [-0.25, -0.2) is 4.79 Å². The lowest BCUT2D eigenvalue weighted by molar-refractivity contribution is -0.121. The number of primary amides is 1. The Labute approximate surface area is 122 Å². The number of hydrogen-bond acceptors (Lipinski definition) is 6. The third kappa shape index (κ3) is 3.25. The zero-order valence-electron chi connectivity index (χ0n) is 11.9. The van der Waals surface area contributed by atoms with Crippen molar-refractivity contribution in [3.8, 4) is 0 Å². The summed E-state index contributed by atoms with van der Waals surface area (Å²) in [4.78, 5) is 25.2. The number of esters is 1. The molecule has 0 aliphatic carbocycles. The zero-order valence-corrected chi connectivity index (χ0v) is 11.9. The molecule has 1 fully saturated rings. The summed E-state index contributed by atoms with van der Waals surface area (Å²) >= 11 is 0. The minimum Gasteiger partial charge on any atom is -0.462 e. The SMILES string of the molecule is CCOC(=O)c1cc(N2CCOCC2C(N)=O)ccc1N. The standard InChI is InChI=1S/C14H19N3O4/c1-2-21-14(19)10-7-9(3-4-11(10)15)17-5-6-20-8-12(17)13(16)18/h3-4,7,12H,2,5-6,8,15H2,1H3,(H2,16,18). The fraction of sp³-hybridized carbons (Fsp3) is 0.429. The van der Waals surface area contributed by atoms with Crippen LogP contribution < -0.4 is 16.4 Å². The maximum atomic E-state index is 11.9. The van der Waals surface area contributed by atoms with Gasteiger partial charge in [0.15, 0.2) is 0 Å². The predicted octanol–water partition coefficient (Wildman–Crippen LogP) is 0.136. The summed E-state index contributed by atoms with van der Waals surface area (Å²) in [7, 11) is 0. The van der Waals surface area contributed by atoms with Gasteiger partial charge in [-0.1, -0.05) is 0 Å². The van der Waals surface area contributed by atoms with Crippen molar-refractivity contribution in [1.29, 1.82) is 0 Å². The van der Waals surface area contributed by atoms with E-state index in [1.54, 1.807) is 25.1 Å². The average Bonchev–Trinajstić information content (AvgIpc) is 2.48. The molecule has 4 N–H and O–H groups in total. The van der Waals surface area contributed by atoms with Gasteiger partial charge in [0.25, 0.3) is 0 Å². The average molecular weight is 293 g/mol. The molecule has 0 aromatic heterocycles. The highest BCUT2D eigenvalue weighted by Gasteiger charge is 2.28. The highest BCUT2D eigenvalue weighted by Crippen LogP contribution is 2.25. The fourth-order valence-electron chi connectivity index (χ4n) is 2.26. The predicted molar refractivity (Wildman–Crippen MR) is 78.0 cm³/mol. The summed E-state index contributed by atoms with van der Waals surface area (Å²) in [6.45, 7) is 3.23. The Morgan fingerprint density at radius 3 is 2.90 bits per heavy atom. The van der Waals surface area contributed by atoms with Gasteiger partial charge < -0.3 is 25.8 Å². The Morgan fingerprint density at radius 2 is 2.24 bits per heavy atom. The maximum Gasteiger partial charge on any atom is 0.340 e. The van der Waals surface area contributed by atoms with Crippen LogP contribution in [0.25, 0.3) is 0 Å². The van der Waals surface area contributed by atoms with Gasteiger partial charge in [0.1, 0.15) is 6.04 Å². The Bertz CT molecular complexity index is 547.